The van der Waals surface area contributed by atoms with Crippen LogP contribution in [0.25, 0.3) is 0 Å². The molecular formula is C14H24N2O2S. The number of carbonyl (C=O) groups is 2. The Morgan fingerprint density at radius 3 is 2.84 bits per heavy atom. The van der Waals surface area contributed by atoms with Crippen molar-refractivity contribution in [3.05, 3.63) is 0 Å². The van der Waals surface area contributed by atoms with Crippen LogP contribution in [0.5, 0.6) is 0 Å². The van der Waals surface area contributed by atoms with Gasteiger partial charge in [-0.3, -0.25) is 9.59 Å². The molecule has 0 spiro atoms. The van der Waals surface area contributed by atoms with E-state index in [2.05, 4.69) is 18.5 Å². The van der Waals surface area contributed by atoms with Gasteiger partial charge in [-0.05, 0) is 25.5 Å². The minimum atomic E-state index is -0.303. The van der Waals surface area contributed by atoms with Crippen molar-refractivity contribution in [2.45, 2.75) is 62.8 Å². The predicted molar refractivity (Wildman–Crippen MR) is 78.1 cm³/mol. The molecule has 1 N–H and O–H groups in total. The molecule has 5 heteroatoms. The minimum Gasteiger partial charge on any atom is -0.344 e. The van der Waals surface area contributed by atoms with Crippen molar-refractivity contribution in [2.75, 3.05) is 12.8 Å². The van der Waals surface area contributed by atoms with Gasteiger partial charge in [0.15, 0.2) is 0 Å². The summed E-state index contributed by atoms with van der Waals surface area (Å²) in [7, 11) is 0. The fourth-order valence-electron chi connectivity index (χ4n) is 3.21. The van der Waals surface area contributed by atoms with Crippen LogP contribution in [-0.4, -0.2) is 46.8 Å². The van der Waals surface area contributed by atoms with Gasteiger partial charge in [-0.1, -0.05) is 19.8 Å². The molecule has 2 aliphatic rings. The van der Waals surface area contributed by atoms with E-state index in [-0.39, 0.29) is 17.9 Å². The van der Waals surface area contributed by atoms with Crippen molar-refractivity contribution in [3.8, 4) is 0 Å². The van der Waals surface area contributed by atoms with Crippen molar-refractivity contribution in [2.24, 2.45) is 0 Å². The number of nitrogens with zero attached hydrogens (tertiary/aromatic N) is 1. The lowest BCUT2D eigenvalue weighted by atomic mass is 10.1. The molecule has 1 saturated carbocycles. The smallest absolute Gasteiger partial charge is 0.245 e. The second-order valence-electron chi connectivity index (χ2n) is 5.46. The summed E-state index contributed by atoms with van der Waals surface area (Å²) in [5.74, 6) is 0.159. The highest BCUT2D eigenvalue weighted by molar-refractivity contribution is 7.99. The Bertz CT molecular complexity index is 348. The molecule has 1 heterocycles. The first-order valence-electron chi connectivity index (χ1n) is 7.30. The molecule has 3 atom stereocenters. The van der Waals surface area contributed by atoms with E-state index < -0.39 is 0 Å². The fourth-order valence-corrected chi connectivity index (χ4v) is 4.21. The van der Waals surface area contributed by atoms with Crippen molar-refractivity contribution in [1.82, 2.24) is 10.2 Å². The van der Waals surface area contributed by atoms with Gasteiger partial charge >= 0.3 is 0 Å². The predicted octanol–water partition coefficient (Wildman–Crippen LogP) is 1.79. The molecule has 0 aromatic rings. The summed E-state index contributed by atoms with van der Waals surface area (Å²) in [4.78, 5) is 26.4. The van der Waals surface area contributed by atoms with Gasteiger partial charge in [-0.25, -0.2) is 0 Å². The molecule has 4 nitrogen and oxygen atoms in total. The summed E-state index contributed by atoms with van der Waals surface area (Å²) in [6.07, 6.45) is 7.71. The summed E-state index contributed by atoms with van der Waals surface area (Å²) in [5, 5.41) is 3.42. The van der Waals surface area contributed by atoms with Crippen molar-refractivity contribution < 1.29 is 9.59 Å². The number of hydrogen-bond acceptors (Lipinski definition) is 3. The Morgan fingerprint density at radius 2 is 2.16 bits per heavy atom. The van der Waals surface area contributed by atoms with Gasteiger partial charge in [-0.2, -0.15) is 11.8 Å². The molecule has 108 valence electrons. The van der Waals surface area contributed by atoms with E-state index in [1.54, 1.807) is 0 Å². The molecule has 1 aliphatic heterocycles. The Kier molecular flexibility index (Phi) is 5.13. The monoisotopic (exact) mass is 284 g/mol. The van der Waals surface area contributed by atoms with Gasteiger partial charge in [0.05, 0.1) is 0 Å². The van der Waals surface area contributed by atoms with Gasteiger partial charge in [0.1, 0.15) is 6.04 Å². The van der Waals surface area contributed by atoms with Crippen LogP contribution in [0.1, 0.15) is 45.4 Å². The van der Waals surface area contributed by atoms with Crippen LogP contribution in [-0.2, 0) is 9.59 Å². The zero-order valence-electron chi connectivity index (χ0n) is 11.9. The average molecular weight is 284 g/mol. The van der Waals surface area contributed by atoms with Gasteiger partial charge in [-0.15, -0.1) is 0 Å². The first kappa shape index (κ1) is 14.7. The van der Waals surface area contributed by atoms with Gasteiger partial charge in [0, 0.05) is 24.3 Å². The third-order valence-corrected chi connectivity index (χ3v) is 5.35. The number of hydrogen-bond donors (Lipinski definition) is 1. The highest BCUT2D eigenvalue weighted by atomic mass is 32.2. The molecule has 2 rings (SSSR count). The molecule has 3 unspecified atom stereocenters. The zero-order valence-corrected chi connectivity index (χ0v) is 12.7. The van der Waals surface area contributed by atoms with E-state index in [0.29, 0.717) is 24.3 Å². The van der Waals surface area contributed by atoms with Crippen LogP contribution < -0.4 is 5.32 Å². The maximum absolute atomic E-state index is 12.6. The average Bonchev–Trinajstić information content (AvgIpc) is 2.81. The largest absolute Gasteiger partial charge is 0.344 e. The summed E-state index contributed by atoms with van der Waals surface area (Å²) < 4.78 is 0. The van der Waals surface area contributed by atoms with Gasteiger partial charge < -0.3 is 10.2 Å². The van der Waals surface area contributed by atoms with E-state index in [1.165, 1.54) is 12.8 Å². The lowest BCUT2D eigenvalue weighted by Gasteiger charge is -2.33. The Labute approximate surface area is 119 Å². The molecule has 19 heavy (non-hydrogen) atoms. The summed E-state index contributed by atoms with van der Waals surface area (Å²) in [6.45, 7) is 2.64. The van der Waals surface area contributed by atoms with Crippen molar-refractivity contribution >= 4 is 23.6 Å². The van der Waals surface area contributed by atoms with E-state index in [4.69, 9.17) is 0 Å². The Balaban J connectivity index is 2.13. The molecular weight excluding hydrogens is 260 g/mol. The number of amides is 2. The zero-order chi connectivity index (χ0) is 13.8. The molecule has 1 saturated heterocycles. The first-order chi connectivity index (χ1) is 9.17. The topological polar surface area (TPSA) is 49.4 Å². The molecule has 1 aliphatic carbocycles. The lowest BCUT2D eigenvalue weighted by molar-refractivity contribution is -0.135. The van der Waals surface area contributed by atoms with Crippen LogP contribution in [0.15, 0.2) is 0 Å². The Hall–Kier alpha value is -0.710. The highest BCUT2D eigenvalue weighted by Crippen LogP contribution is 2.33. The molecule has 0 aromatic heterocycles. The van der Waals surface area contributed by atoms with Crippen LogP contribution in [0.4, 0.5) is 0 Å². The molecule has 0 aromatic carbocycles. The lowest BCUT2D eigenvalue weighted by Crippen LogP contribution is -2.50. The van der Waals surface area contributed by atoms with Gasteiger partial charge in [0.25, 0.3) is 0 Å². The molecule has 0 bridgehead atoms. The molecule has 0 radical (unpaired) electrons. The molecule has 2 fully saturated rings. The van der Waals surface area contributed by atoms with Crippen LogP contribution >= 0.6 is 11.8 Å². The normalized spacial score (nSPS) is 32.3. The third-order valence-electron chi connectivity index (χ3n) is 4.19. The minimum absolute atomic E-state index is 0.0213. The SMILES string of the molecule is CCCC1NC(=O)CCN(C2CCCC2SC)C1=O. The van der Waals surface area contributed by atoms with Crippen LogP contribution in [0.2, 0.25) is 0 Å². The van der Waals surface area contributed by atoms with Crippen molar-refractivity contribution in [3.63, 3.8) is 0 Å². The standard InChI is InChI=1S/C14H24N2O2S/c1-3-5-10-14(18)16(9-8-13(17)15-10)11-6-4-7-12(11)19-2/h10-12H,3-9H2,1-2H3,(H,15,17). The quantitative estimate of drug-likeness (QED) is 0.856. The maximum Gasteiger partial charge on any atom is 0.245 e. The van der Waals surface area contributed by atoms with Crippen molar-refractivity contribution in [1.29, 1.82) is 0 Å². The second kappa shape index (κ2) is 6.64. The number of carbonyl (C=O) groups excluding carboxylic acids is 2. The number of thioether (sulfide) groups is 1. The second-order valence-corrected chi connectivity index (χ2v) is 6.54. The van der Waals surface area contributed by atoms with E-state index in [1.807, 2.05) is 16.7 Å². The third kappa shape index (κ3) is 3.25. The maximum atomic E-state index is 12.6. The summed E-state index contributed by atoms with van der Waals surface area (Å²) >= 11 is 1.86. The van der Waals surface area contributed by atoms with E-state index >= 15 is 0 Å². The fraction of sp³-hybridized carbons (Fsp3) is 0.857. The summed E-state index contributed by atoms with van der Waals surface area (Å²) in [6, 6.07) is 0.0256. The molecule has 2 amide bonds. The number of rotatable bonds is 4. The Morgan fingerprint density at radius 1 is 1.37 bits per heavy atom. The highest BCUT2D eigenvalue weighted by Gasteiger charge is 2.38. The van der Waals surface area contributed by atoms with Crippen LogP contribution in [0.3, 0.4) is 0 Å². The van der Waals surface area contributed by atoms with Gasteiger partial charge in [0.2, 0.25) is 11.8 Å². The van der Waals surface area contributed by atoms with E-state index in [9.17, 15) is 9.59 Å². The number of nitrogens with one attached hydrogen (secondary N) is 1. The first-order valence-corrected chi connectivity index (χ1v) is 8.58. The van der Waals surface area contributed by atoms with Crippen LogP contribution in [0, 0.1) is 0 Å². The van der Waals surface area contributed by atoms with E-state index in [0.717, 1.165) is 19.3 Å². The summed E-state index contributed by atoms with van der Waals surface area (Å²) in [5.41, 5.74) is 0.